The molecule has 0 saturated carbocycles. The Morgan fingerprint density at radius 1 is 1.12 bits per heavy atom. The maximum atomic E-state index is 12.5. The molecular formula is C25H36N4O4. The van der Waals surface area contributed by atoms with Crippen LogP contribution in [-0.4, -0.2) is 54.1 Å². The lowest BCUT2D eigenvalue weighted by Gasteiger charge is -2.28. The fourth-order valence-electron chi connectivity index (χ4n) is 3.98. The van der Waals surface area contributed by atoms with Gasteiger partial charge in [-0.2, -0.15) is 5.10 Å². The van der Waals surface area contributed by atoms with Crippen LogP contribution in [0.3, 0.4) is 0 Å². The average molecular weight is 457 g/mol. The van der Waals surface area contributed by atoms with E-state index in [0.717, 1.165) is 55.5 Å². The lowest BCUT2D eigenvalue weighted by molar-refractivity contribution is -0.153. The number of anilines is 2. The van der Waals surface area contributed by atoms with E-state index < -0.39 is 12.1 Å². The molecule has 2 aromatic rings. The molecule has 8 nitrogen and oxygen atoms in total. The van der Waals surface area contributed by atoms with Crippen LogP contribution in [0.15, 0.2) is 24.3 Å². The van der Waals surface area contributed by atoms with Crippen LogP contribution >= 0.6 is 0 Å². The van der Waals surface area contributed by atoms with Gasteiger partial charge in [-0.25, -0.2) is 0 Å². The number of rotatable bonds is 9. The van der Waals surface area contributed by atoms with Crippen LogP contribution in [0.2, 0.25) is 0 Å². The van der Waals surface area contributed by atoms with Crippen LogP contribution in [0.4, 0.5) is 11.4 Å². The molecule has 1 unspecified atom stereocenters. The highest BCUT2D eigenvalue weighted by atomic mass is 16.5. The highest BCUT2D eigenvalue weighted by Crippen LogP contribution is 2.20. The molecule has 1 atom stereocenters. The Morgan fingerprint density at radius 3 is 2.42 bits per heavy atom. The Labute approximate surface area is 196 Å². The number of morpholine rings is 1. The van der Waals surface area contributed by atoms with E-state index in [0.29, 0.717) is 18.0 Å². The Hall–Kier alpha value is -2.87. The summed E-state index contributed by atoms with van der Waals surface area (Å²) in [6.07, 6.45) is -0.116. The van der Waals surface area contributed by atoms with Crippen molar-refractivity contribution in [2.24, 2.45) is 5.92 Å². The molecule has 8 heteroatoms. The van der Waals surface area contributed by atoms with Gasteiger partial charge in [0.25, 0.3) is 5.91 Å². The third-order valence-electron chi connectivity index (χ3n) is 5.84. The van der Waals surface area contributed by atoms with Crippen LogP contribution in [0.1, 0.15) is 44.1 Å². The normalized spacial score (nSPS) is 14.9. The number of carbonyl (C=O) groups is 2. The summed E-state index contributed by atoms with van der Waals surface area (Å²) in [6, 6.07) is 7.67. The van der Waals surface area contributed by atoms with E-state index in [4.69, 9.17) is 9.47 Å². The summed E-state index contributed by atoms with van der Waals surface area (Å²) < 4.78 is 12.8. The summed E-state index contributed by atoms with van der Waals surface area (Å²) >= 11 is 0. The highest BCUT2D eigenvalue weighted by Gasteiger charge is 2.20. The van der Waals surface area contributed by atoms with Crippen LogP contribution in [-0.2, 0) is 32.0 Å². The maximum absolute atomic E-state index is 12.5. The molecule has 3 rings (SSSR count). The first kappa shape index (κ1) is 24.8. The van der Waals surface area contributed by atoms with E-state index in [1.165, 1.54) is 0 Å². The van der Waals surface area contributed by atoms with Crippen molar-refractivity contribution in [1.29, 1.82) is 0 Å². The van der Waals surface area contributed by atoms with Crippen molar-refractivity contribution in [3.05, 3.63) is 41.2 Å². The smallest absolute Gasteiger partial charge is 0.306 e. The molecular weight excluding hydrogens is 420 g/mol. The number of aryl methyl sites for hydroxylation is 1. The molecule has 0 radical (unpaired) electrons. The summed E-state index contributed by atoms with van der Waals surface area (Å²) in [4.78, 5) is 27.1. The second-order valence-electron chi connectivity index (χ2n) is 8.99. The fourth-order valence-corrected chi connectivity index (χ4v) is 3.98. The molecule has 180 valence electrons. The van der Waals surface area contributed by atoms with E-state index >= 15 is 0 Å². The van der Waals surface area contributed by atoms with Gasteiger partial charge < -0.3 is 19.7 Å². The minimum Gasteiger partial charge on any atom is -0.453 e. The first-order chi connectivity index (χ1) is 15.7. The maximum Gasteiger partial charge on any atom is 0.306 e. The zero-order chi connectivity index (χ0) is 24.0. The number of nitrogens with one attached hydrogen (secondary N) is 1. The second-order valence-corrected chi connectivity index (χ2v) is 8.99. The zero-order valence-corrected chi connectivity index (χ0v) is 20.4. The van der Waals surface area contributed by atoms with Crippen LogP contribution in [0.25, 0.3) is 0 Å². The largest absolute Gasteiger partial charge is 0.453 e. The molecule has 0 aliphatic carbocycles. The summed E-state index contributed by atoms with van der Waals surface area (Å²) in [5.74, 6) is -0.244. The lowest BCUT2D eigenvalue weighted by atomic mass is 10.1. The second kappa shape index (κ2) is 11.3. The van der Waals surface area contributed by atoms with Gasteiger partial charge in [0.1, 0.15) is 0 Å². The van der Waals surface area contributed by atoms with Crippen molar-refractivity contribution in [3.8, 4) is 0 Å². The van der Waals surface area contributed by atoms with Crippen LogP contribution < -0.4 is 10.2 Å². The summed E-state index contributed by atoms with van der Waals surface area (Å²) in [5, 5.41) is 7.41. The minimum atomic E-state index is -0.873. The molecule has 1 fully saturated rings. The number of hydrogen-bond donors (Lipinski definition) is 1. The standard InChI is InChI=1S/C25H36N4O4/c1-17(2)16-29-19(4)23(18(3)27-29)10-11-24(30)33-20(5)25(31)26-21-6-8-22(9-7-21)28-12-14-32-15-13-28/h6-9,17,20H,10-16H2,1-5H3,(H,26,31). The van der Waals surface area contributed by atoms with Crippen molar-refractivity contribution in [3.63, 3.8) is 0 Å². The molecule has 0 bridgehead atoms. The van der Waals surface area contributed by atoms with E-state index in [9.17, 15) is 9.59 Å². The molecule has 1 aromatic heterocycles. The van der Waals surface area contributed by atoms with Gasteiger partial charge in [-0.05, 0) is 62.9 Å². The number of carbonyl (C=O) groups excluding carboxylic acids is 2. The van der Waals surface area contributed by atoms with Gasteiger partial charge in [-0.3, -0.25) is 14.3 Å². The van der Waals surface area contributed by atoms with E-state index in [1.54, 1.807) is 6.92 Å². The molecule has 33 heavy (non-hydrogen) atoms. The van der Waals surface area contributed by atoms with Crippen LogP contribution in [0, 0.1) is 19.8 Å². The number of nitrogens with zero attached hydrogens (tertiary/aromatic N) is 3. The van der Waals surface area contributed by atoms with E-state index in [1.807, 2.05) is 42.8 Å². The molecule has 1 N–H and O–H groups in total. The number of hydrogen-bond acceptors (Lipinski definition) is 6. The predicted octanol–water partition coefficient (Wildman–Crippen LogP) is 3.50. The monoisotopic (exact) mass is 456 g/mol. The van der Waals surface area contributed by atoms with Gasteiger partial charge in [0.2, 0.25) is 0 Å². The Kier molecular flexibility index (Phi) is 8.49. The first-order valence-electron chi connectivity index (χ1n) is 11.7. The lowest BCUT2D eigenvalue weighted by Crippen LogP contribution is -2.36. The third-order valence-corrected chi connectivity index (χ3v) is 5.84. The van der Waals surface area contributed by atoms with Gasteiger partial charge in [-0.1, -0.05) is 13.8 Å². The minimum absolute atomic E-state index is 0.209. The highest BCUT2D eigenvalue weighted by molar-refractivity contribution is 5.95. The third kappa shape index (κ3) is 6.81. The van der Waals surface area contributed by atoms with Gasteiger partial charge in [-0.15, -0.1) is 0 Å². The molecule has 0 spiro atoms. The molecule has 2 heterocycles. The predicted molar refractivity (Wildman–Crippen MR) is 129 cm³/mol. The molecule has 1 aliphatic heterocycles. The number of benzene rings is 1. The summed E-state index contributed by atoms with van der Waals surface area (Å²) in [7, 11) is 0. The molecule has 1 aliphatic rings. The quantitative estimate of drug-likeness (QED) is 0.582. The van der Waals surface area contributed by atoms with E-state index in [2.05, 4.69) is 29.2 Å². The molecule has 1 amide bonds. The van der Waals surface area contributed by atoms with Crippen LogP contribution in [0.5, 0.6) is 0 Å². The van der Waals surface area contributed by atoms with E-state index in [-0.39, 0.29) is 12.3 Å². The zero-order valence-electron chi connectivity index (χ0n) is 20.4. The van der Waals surface area contributed by atoms with Crippen molar-refractivity contribution in [1.82, 2.24) is 9.78 Å². The van der Waals surface area contributed by atoms with Gasteiger partial charge in [0.05, 0.1) is 18.9 Å². The number of amides is 1. The van der Waals surface area contributed by atoms with Crippen molar-refractivity contribution < 1.29 is 19.1 Å². The number of aromatic nitrogens is 2. The van der Waals surface area contributed by atoms with Gasteiger partial charge >= 0.3 is 5.97 Å². The van der Waals surface area contributed by atoms with Crippen molar-refractivity contribution in [2.75, 3.05) is 36.5 Å². The summed E-state index contributed by atoms with van der Waals surface area (Å²) in [6.45, 7) is 13.9. The average Bonchev–Trinajstić information content (AvgIpc) is 3.05. The van der Waals surface area contributed by atoms with Gasteiger partial charge in [0, 0.05) is 43.1 Å². The topological polar surface area (TPSA) is 85.7 Å². The van der Waals surface area contributed by atoms with Crippen molar-refractivity contribution >= 4 is 23.3 Å². The molecule has 1 aromatic carbocycles. The number of esters is 1. The van der Waals surface area contributed by atoms with Gasteiger partial charge in [0.15, 0.2) is 6.10 Å². The SMILES string of the molecule is Cc1nn(CC(C)C)c(C)c1CCC(=O)OC(C)C(=O)Nc1ccc(N2CCOCC2)cc1. The first-order valence-corrected chi connectivity index (χ1v) is 11.7. The van der Waals surface area contributed by atoms with Crippen molar-refractivity contribution in [2.45, 2.75) is 60.1 Å². The number of ether oxygens (including phenoxy) is 2. The summed E-state index contributed by atoms with van der Waals surface area (Å²) in [5.41, 5.74) is 4.86. The fraction of sp³-hybridized carbons (Fsp3) is 0.560. The Bertz CT molecular complexity index is 946. The Morgan fingerprint density at radius 2 is 1.79 bits per heavy atom. The Balaban J connectivity index is 1.47. The molecule has 1 saturated heterocycles.